The maximum Gasteiger partial charge on any atom is 0.234 e. The van der Waals surface area contributed by atoms with E-state index < -0.39 is 0 Å². The first kappa shape index (κ1) is 25.7. The van der Waals surface area contributed by atoms with E-state index >= 15 is 0 Å². The number of hydrogen-bond donors (Lipinski definition) is 3. The van der Waals surface area contributed by atoms with Crippen molar-refractivity contribution in [2.75, 3.05) is 32.7 Å². The third-order valence-corrected chi connectivity index (χ3v) is 5.07. The highest BCUT2D eigenvalue weighted by Crippen LogP contribution is 2.10. The van der Waals surface area contributed by atoms with E-state index in [0.717, 1.165) is 63.5 Å². The Morgan fingerprint density at radius 3 is 2.72 bits per heavy atom. The highest BCUT2D eigenvalue weighted by molar-refractivity contribution is 14.0. The van der Waals surface area contributed by atoms with Crippen molar-refractivity contribution in [1.29, 1.82) is 0 Å². The van der Waals surface area contributed by atoms with Gasteiger partial charge in [-0.05, 0) is 44.7 Å². The maximum absolute atomic E-state index is 11.9. The van der Waals surface area contributed by atoms with Crippen LogP contribution in [0, 0.1) is 0 Å². The van der Waals surface area contributed by atoms with Gasteiger partial charge in [0.15, 0.2) is 5.96 Å². The Bertz CT molecular complexity index is 586. The van der Waals surface area contributed by atoms with Gasteiger partial charge in [-0.3, -0.25) is 14.7 Å². The van der Waals surface area contributed by atoms with E-state index in [9.17, 15) is 4.79 Å². The molecule has 1 aliphatic heterocycles. The van der Waals surface area contributed by atoms with Crippen molar-refractivity contribution in [2.45, 2.75) is 65.0 Å². The largest absolute Gasteiger partial charge is 0.469 e. The molecule has 1 amide bonds. The number of aliphatic imine (C=N–C) groups is 1. The van der Waals surface area contributed by atoms with Crippen molar-refractivity contribution in [3.63, 3.8) is 0 Å². The minimum absolute atomic E-state index is 0. The Balaban J connectivity index is 0.00000420. The van der Waals surface area contributed by atoms with Gasteiger partial charge in [-0.2, -0.15) is 0 Å². The van der Waals surface area contributed by atoms with Crippen LogP contribution < -0.4 is 16.0 Å². The number of halogens is 1. The van der Waals surface area contributed by atoms with Crippen LogP contribution in [-0.4, -0.2) is 61.6 Å². The fourth-order valence-electron chi connectivity index (χ4n) is 3.15. The summed E-state index contributed by atoms with van der Waals surface area (Å²) in [7, 11) is 0. The summed E-state index contributed by atoms with van der Waals surface area (Å²) >= 11 is 0. The second kappa shape index (κ2) is 14.7. The topological polar surface area (TPSA) is 81.9 Å². The average Bonchev–Trinajstić information content (AvgIpc) is 3.21. The molecule has 7 nitrogen and oxygen atoms in total. The van der Waals surface area contributed by atoms with E-state index in [1.807, 2.05) is 12.1 Å². The molecular formula is C21H38IN5O2. The minimum Gasteiger partial charge on any atom is -0.469 e. The van der Waals surface area contributed by atoms with E-state index in [-0.39, 0.29) is 29.9 Å². The van der Waals surface area contributed by atoms with Gasteiger partial charge in [-0.1, -0.05) is 13.8 Å². The van der Waals surface area contributed by atoms with Crippen molar-refractivity contribution in [2.24, 2.45) is 4.99 Å². The summed E-state index contributed by atoms with van der Waals surface area (Å²) < 4.78 is 5.39. The van der Waals surface area contributed by atoms with Gasteiger partial charge in [-0.25, -0.2) is 0 Å². The number of piperidine rings is 1. The lowest BCUT2D eigenvalue weighted by Crippen LogP contribution is -2.51. The molecule has 0 bridgehead atoms. The molecule has 0 spiro atoms. The van der Waals surface area contributed by atoms with Gasteiger partial charge < -0.3 is 20.4 Å². The Morgan fingerprint density at radius 2 is 2.10 bits per heavy atom. The lowest BCUT2D eigenvalue weighted by molar-refractivity contribution is -0.122. The van der Waals surface area contributed by atoms with Crippen LogP contribution in [0.1, 0.15) is 52.2 Å². The van der Waals surface area contributed by atoms with E-state index in [1.165, 1.54) is 0 Å². The molecule has 3 N–H and O–H groups in total. The van der Waals surface area contributed by atoms with Gasteiger partial charge in [0.1, 0.15) is 5.76 Å². The minimum atomic E-state index is 0. The number of amides is 1. The van der Waals surface area contributed by atoms with Crippen LogP contribution in [0.2, 0.25) is 0 Å². The van der Waals surface area contributed by atoms with Crippen LogP contribution in [0.3, 0.4) is 0 Å². The Hall–Kier alpha value is -1.29. The molecule has 1 aliphatic rings. The first-order valence-electron chi connectivity index (χ1n) is 10.7. The van der Waals surface area contributed by atoms with Crippen LogP contribution >= 0.6 is 24.0 Å². The first-order chi connectivity index (χ1) is 13.6. The summed E-state index contributed by atoms with van der Waals surface area (Å²) in [6, 6.07) is 4.65. The number of guanidine groups is 1. The molecule has 1 unspecified atom stereocenters. The molecular weight excluding hydrogens is 481 g/mol. The van der Waals surface area contributed by atoms with Gasteiger partial charge >= 0.3 is 0 Å². The average molecular weight is 519 g/mol. The Morgan fingerprint density at radius 1 is 1.34 bits per heavy atom. The molecule has 29 heavy (non-hydrogen) atoms. The van der Waals surface area contributed by atoms with E-state index in [4.69, 9.17) is 9.41 Å². The van der Waals surface area contributed by atoms with E-state index in [0.29, 0.717) is 25.2 Å². The highest BCUT2D eigenvalue weighted by atomic mass is 127. The fourth-order valence-corrected chi connectivity index (χ4v) is 3.15. The second-order valence-corrected chi connectivity index (χ2v) is 7.56. The summed E-state index contributed by atoms with van der Waals surface area (Å²) in [6.07, 6.45) is 6.55. The first-order valence-corrected chi connectivity index (χ1v) is 10.7. The number of carbonyl (C=O) groups excluding carboxylic acids is 1. The highest BCUT2D eigenvalue weighted by Gasteiger charge is 2.21. The monoisotopic (exact) mass is 519 g/mol. The number of carbonyl (C=O) groups is 1. The zero-order valence-corrected chi connectivity index (χ0v) is 20.4. The molecule has 0 aliphatic carbocycles. The van der Waals surface area contributed by atoms with Gasteiger partial charge in [0.2, 0.25) is 5.91 Å². The van der Waals surface area contributed by atoms with Crippen molar-refractivity contribution in [3.8, 4) is 0 Å². The van der Waals surface area contributed by atoms with Crippen molar-refractivity contribution >= 4 is 35.8 Å². The zero-order chi connectivity index (χ0) is 20.2. The molecule has 1 atom stereocenters. The van der Waals surface area contributed by atoms with Gasteiger partial charge in [0.05, 0.1) is 12.8 Å². The van der Waals surface area contributed by atoms with Crippen LogP contribution in [0.5, 0.6) is 0 Å². The standard InChI is InChI=1S/C21H37N5O2.HI/c1-4-11-22-20(27)16-26-13-9-18(10-14-26)25-21(24-17(3)5-2)23-12-8-19-7-6-15-28-19;/h6-7,15,17-18H,4-5,8-14,16H2,1-3H3,(H,22,27)(H2,23,24,25);1H. The Labute approximate surface area is 192 Å². The summed E-state index contributed by atoms with van der Waals surface area (Å²) in [5.74, 6) is 1.97. The van der Waals surface area contributed by atoms with Crippen LogP contribution in [0.25, 0.3) is 0 Å². The zero-order valence-electron chi connectivity index (χ0n) is 18.1. The number of nitrogens with zero attached hydrogens (tertiary/aromatic N) is 2. The molecule has 0 aromatic carbocycles. The molecule has 0 radical (unpaired) electrons. The second-order valence-electron chi connectivity index (χ2n) is 7.56. The van der Waals surface area contributed by atoms with Crippen molar-refractivity contribution in [3.05, 3.63) is 24.2 Å². The number of rotatable bonds is 10. The lowest BCUT2D eigenvalue weighted by Gasteiger charge is -2.33. The number of likely N-dealkylation sites (tertiary alicyclic amines) is 1. The van der Waals surface area contributed by atoms with E-state index in [1.54, 1.807) is 6.26 Å². The van der Waals surface area contributed by atoms with E-state index in [2.05, 4.69) is 41.6 Å². The number of furan rings is 1. The molecule has 1 aromatic heterocycles. The van der Waals surface area contributed by atoms with Gasteiger partial charge in [-0.15, -0.1) is 24.0 Å². The Kier molecular flexibility index (Phi) is 13.0. The molecule has 1 saturated heterocycles. The number of nitrogens with one attached hydrogen (secondary N) is 3. The molecule has 0 saturated carbocycles. The predicted octanol–water partition coefficient (Wildman–Crippen LogP) is 2.76. The maximum atomic E-state index is 11.9. The molecule has 8 heteroatoms. The predicted molar refractivity (Wildman–Crippen MR) is 129 cm³/mol. The molecule has 1 aromatic rings. The van der Waals surface area contributed by atoms with Crippen LogP contribution in [0.15, 0.2) is 27.8 Å². The molecule has 1 fully saturated rings. The van der Waals surface area contributed by atoms with Crippen molar-refractivity contribution < 1.29 is 9.21 Å². The van der Waals surface area contributed by atoms with Gasteiger partial charge in [0, 0.05) is 44.7 Å². The normalized spacial score (nSPS) is 16.7. The smallest absolute Gasteiger partial charge is 0.234 e. The molecule has 2 rings (SSSR count). The third kappa shape index (κ3) is 10.3. The summed E-state index contributed by atoms with van der Waals surface area (Å²) in [6.45, 7) is 10.2. The molecule has 166 valence electrons. The molecule has 2 heterocycles. The van der Waals surface area contributed by atoms with Gasteiger partial charge in [0.25, 0.3) is 0 Å². The number of hydrogen-bond acceptors (Lipinski definition) is 4. The third-order valence-electron chi connectivity index (χ3n) is 5.07. The lowest BCUT2D eigenvalue weighted by atomic mass is 10.1. The quantitative estimate of drug-likeness (QED) is 0.252. The van der Waals surface area contributed by atoms with Crippen molar-refractivity contribution in [1.82, 2.24) is 20.9 Å². The van der Waals surface area contributed by atoms with Crippen LogP contribution in [-0.2, 0) is 11.2 Å². The summed E-state index contributed by atoms with van der Waals surface area (Å²) in [5.41, 5.74) is 0. The summed E-state index contributed by atoms with van der Waals surface area (Å²) in [5, 5.41) is 10.0. The SMILES string of the molecule is CCCNC(=O)CN1CCC(NC(=NCCc2ccco2)NC(C)CC)CC1.I. The summed E-state index contributed by atoms with van der Waals surface area (Å²) in [4.78, 5) is 18.9. The van der Waals surface area contributed by atoms with Crippen LogP contribution in [0.4, 0.5) is 0 Å². The fraction of sp³-hybridized carbons (Fsp3) is 0.714.